The van der Waals surface area contributed by atoms with E-state index in [4.69, 9.17) is 9.47 Å². The number of fused-ring (bicyclic) bond motifs is 1. The lowest BCUT2D eigenvalue weighted by atomic mass is 10.1. The molecule has 3 rings (SSSR count). The number of rotatable bonds is 8. The topological polar surface area (TPSA) is 40.5 Å². The SMILES string of the molecule is CCOC(=O)c1c(Br)c2ccc(C3CC3)cc2n1COCC[Si](C)(C)C. The zero-order valence-electron chi connectivity index (χ0n) is 16.1. The monoisotopic (exact) mass is 437 g/mol. The lowest BCUT2D eigenvalue weighted by Crippen LogP contribution is -2.22. The van der Waals surface area contributed by atoms with E-state index < -0.39 is 8.07 Å². The van der Waals surface area contributed by atoms with Crippen LogP contribution in [0.15, 0.2) is 22.7 Å². The first-order valence-corrected chi connectivity index (χ1v) is 13.9. The molecule has 1 aromatic carbocycles. The van der Waals surface area contributed by atoms with Crippen molar-refractivity contribution in [2.45, 2.75) is 58.1 Å². The van der Waals surface area contributed by atoms with Crippen LogP contribution in [0.2, 0.25) is 25.7 Å². The standard InChI is InChI=1S/C20H28BrNO3Si/c1-5-25-20(23)19-18(21)16-9-8-15(14-6-7-14)12-17(16)22(19)13-24-10-11-26(2,3)4/h8-9,12,14H,5-7,10-11,13H2,1-4H3. The third-order valence-corrected chi connectivity index (χ3v) is 7.27. The maximum Gasteiger partial charge on any atom is 0.356 e. The quantitative estimate of drug-likeness (QED) is 0.298. The first-order valence-electron chi connectivity index (χ1n) is 9.38. The highest BCUT2D eigenvalue weighted by Crippen LogP contribution is 2.42. The van der Waals surface area contributed by atoms with Crippen LogP contribution < -0.4 is 0 Å². The molecule has 1 aliphatic carbocycles. The molecule has 0 N–H and O–H groups in total. The van der Waals surface area contributed by atoms with E-state index in [0.29, 0.717) is 24.9 Å². The summed E-state index contributed by atoms with van der Waals surface area (Å²) < 4.78 is 14.0. The first-order chi connectivity index (χ1) is 12.3. The molecule has 0 atom stereocenters. The van der Waals surface area contributed by atoms with Crippen LogP contribution in [-0.2, 0) is 16.2 Å². The number of halogens is 1. The van der Waals surface area contributed by atoms with E-state index in [1.54, 1.807) is 0 Å². The Hall–Kier alpha value is -1.11. The summed E-state index contributed by atoms with van der Waals surface area (Å²) in [5.74, 6) is 0.359. The van der Waals surface area contributed by atoms with Gasteiger partial charge in [-0.2, -0.15) is 0 Å². The summed E-state index contributed by atoms with van der Waals surface area (Å²) in [5, 5.41) is 1.03. The molecular formula is C20H28BrNO3Si. The number of ether oxygens (including phenoxy) is 2. The smallest absolute Gasteiger partial charge is 0.356 e. The molecular weight excluding hydrogens is 410 g/mol. The second-order valence-electron chi connectivity index (χ2n) is 8.21. The van der Waals surface area contributed by atoms with E-state index in [2.05, 4.69) is 53.8 Å². The van der Waals surface area contributed by atoms with Gasteiger partial charge in [0.1, 0.15) is 12.4 Å². The number of hydrogen-bond acceptors (Lipinski definition) is 3. The van der Waals surface area contributed by atoms with Crippen molar-refractivity contribution in [2.75, 3.05) is 13.2 Å². The molecule has 2 aromatic rings. The van der Waals surface area contributed by atoms with Crippen LogP contribution in [0.1, 0.15) is 41.7 Å². The van der Waals surface area contributed by atoms with E-state index in [-0.39, 0.29) is 5.97 Å². The number of nitrogens with zero attached hydrogens (tertiary/aromatic N) is 1. The zero-order valence-corrected chi connectivity index (χ0v) is 18.7. The molecule has 6 heteroatoms. The van der Waals surface area contributed by atoms with E-state index in [1.165, 1.54) is 18.4 Å². The number of carbonyl (C=O) groups is 1. The second-order valence-corrected chi connectivity index (χ2v) is 14.6. The summed E-state index contributed by atoms with van der Waals surface area (Å²) in [6, 6.07) is 7.60. The van der Waals surface area contributed by atoms with Crippen molar-refractivity contribution in [3.05, 3.63) is 33.9 Å². The van der Waals surface area contributed by atoms with Gasteiger partial charge >= 0.3 is 5.97 Å². The van der Waals surface area contributed by atoms with Crippen molar-refractivity contribution < 1.29 is 14.3 Å². The lowest BCUT2D eigenvalue weighted by molar-refractivity contribution is 0.0476. The van der Waals surface area contributed by atoms with Gasteiger partial charge in [-0.15, -0.1) is 0 Å². The van der Waals surface area contributed by atoms with Gasteiger partial charge in [0, 0.05) is 20.1 Å². The predicted octanol–water partition coefficient (Wildman–Crippen LogP) is 5.77. The van der Waals surface area contributed by atoms with Crippen molar-refractivity contribution in [1.29, 1.82) is 0 Å². The number of carbonyl (C=O) groups excluding carboxylic acids is 1. The van der Waals surface area contributed by atoms with Crippen molar-refractivity contribution in [2.24, 2.45) is 0 Å². The molecule has 4 nitrogen and oxygen atoms in total. The van der Waals surface area contributed by atoms with Crippen molar-refractivity contribution >= 4 is 40.9 Å². The summed E-state index contributed by atoms with van der Waals surface area (Å²) in [7, 11) is -1.14. The summed E-state index contributed by atoms with van der Waals surface area (Å²) in [6.45, 7) is 10.3. The minimum absolute atomic E-state index is 0.308. The number of aromatic nitrogens is 1. The fraction of sp³-hybridized carbons (Fsp3) is 0.550. The largest absolute Gasteiger partial charge is 0.461 e. The molecule has 0 radical (unpaired) electrons. The molecule has 1 aliphatic rings. The van der Waals surface area contributed by atoms with Gasteiger partial charge in [-0.3, -0.25) is 0 Å². The van der Waals surface area contributed by atoms with Crippen LogP contribution in [0, 0.1) is 0 Å². The molecule has 0 unspecified atom stereocenters. The van der Waals surface area contributed by atoms with E-state index in [1.807, 2.05) is 11.5 Å². The van der Waals surface area contributed by atoms with Crippen LogP contribution >= 0.6 is 15.9 Å². The molecule has 0 spiro atoms. The number of benzene rings is 1. The normalized spacial score (nSPS) is 14.8. The van der Waals surface area contributed by atoms with Gasteiger partial charge in [-0.05, 0) is 59.3 Å². The predicted molar refractivity (Wildman–Crippen MR) is 112 cm³/mol. The van der Waals surface area contributed by atoms with Gasteiger partial charge in [0.25, 0.3) is 0 Å². The molecule has 26 heavy (non-hydrogen) atoms. The second kappa shape index (κ2) is 7.86. The van der Waals surface area contributed by atoms with Gasteiger partial charge in [0.05, 0.1) is 16.6 Å². The van der Waals surface area contributed by atoms with Gasteiger partial charge in [-0.25, -0.2) is 4.79 Å². The molecule has 1 heterocycles. The first kappa shape index (κ1) is 19.6. The summed E-state index contributed by atoms with van der Waals surface area (Å²) in [5.41, 5.74) is 2.93. The Balaban J connectivity index is 1.94. The van der Waals surface area contributed by atoms with E-state index >= 15 is 0 Å². The van der Waals surface area contributed by atoms with Gasteiger partial charge < -0.3 is 14.0 Å². The van der Waals surface area contributed by atoms with Crippen LogP contribution in [-0.4, -0.2) is 31.8 Å². The highest BCUT2D eigenvalue weighted by molar-refractivity contribution is 9.10. The molecule has 0 aliphatic heterocycles. The fourth-order valence-corrected chi connectivity index (χ4v) is 4.53. The van der Waals surface area contributed by atoms with Crippen LogP contribution in [0.4, 0.5) is 0 Å². The van der Waals surface area contributed by atoms with Crippen LogP contribution in [0.3, 0.4) is 0 Å². The van der Waals surface area contributed by atoms with Crippen molar-refractivity contribution in [3.63, 3.8) is 0 Å². The van der Waals surface area contributed by atoms with Crippen LogP contribution in [0.25, 0.3) is 10.9 Å². The third-order valence-electron chi connectivity index (χ3n) is 4.76. The Morgan fingerprint density at radius 2 is 2.04 bits per heavy atom. The molecule has 0 saturated heterocycles. The maximum absolute atomic E-state index is 12.6. The number of esters is 1. The molecule has 1 fully saturated rings. The summed E-state index contributed by atoms with van der Waals surface area (Å²) in [4.78, 5) is 12.6. The van der Waals surface area contributed by atoms with Gasteiger partial charge in [0.2, 0.25) is 0 Å². The molecule has 1 saturated carbocycles. The Kier molecular flexibility index (Phi) is 5.94. The van der Waals surface area contributed by atoms with Crippen molar-refractivity contribution in [3.8, 4) is 0 Å². The Bertz CT molecular complexity index is 805. The average molecular weight is 438 g/mol. The molecule has 1 aromatic heterocycles. The Labute approximate surface area is 165 Å². The molecule has 0 amide bonds. The average Bonchev–Trinajstić information content (AvgIpc) is 3.37. The van der Waals surface area contributed by atoms with Gasteiger partial charge in [0.15, 0.2) is 0 Å². The van der Waals surface area contributed by atoms with Crippen LogP contribution in [0.5, 0.6) is 0 Å². The third kappa shape index (κ3) is 4.41. The van der Waals surface area contributed by atoms with E-state index in [9.17, 15) is 4.79 Å². The zero-order chi connectivity index (χ0) is 18.9. The lowest BCUT2D eigenvalue weighted by Gasteiger charge is -2.16. The van der Waals surface area contributed by atoms with E-state index in [0.717, 1.165) is 28.0 Å². The Morgan fingerprint density at radius 1 is 1.31 bits per heavy atom. The summed E-state index contributed by atoms with van der Waals surface area (Å²) in [6.07, 6.45) is 2.51. The fourth-order valence-electron chi connectivity index (χ4n) is 3.06. The van der Waals surface area contributed by atoms with Crippen molar-refractivity contribution in [1.82, 2.24) is 4.57 Å². The summed E-state index contributed by atoms with van der Waals surface area (Å²) >= 11 is 3.62. The molecule has 142 valence electrons. The van der Waals surface area contributed by atoms with Gasteiger partial charge in [-0.1, -0.05) is 31.8 Å². The molecule has 0 bridgehead atoms. The number of hydrogen-bond donors (Lipinski definition) is 0. The highest BCUT2D eigenvalue weighted by Gasteiger charge is 2.27. The maximum atomic E-state index is 12.6. The highest BCUT2D eigenvalue weighted by atomic mass is 79.9. The minimum atomic E-state index is -1.14. The minimum Gasteiger partial charge on any atom is -0.461 e. The Morgan fingerprint density at radius 3 is 2.65 bits per heavy atom.